The Morgan fingerprint density at radius 1 is 0.882 bits per heavy atom. The van der Waals surface area contributed by atoms with Gasteiger partial charge < -0.3 is 14.6 Å². The molecule has 1 aliphatic heterocycles. The van der Waals surface area contributed by atoms with E-state index in [9.17, 15) is 9.90 Å². The zero-order valence-electron chi connectivity index (χ0n) is 18.9. The van der Waals surface area contributed by atoms with Gasteiger partial charge in [0.2, 0.25) is 0 Å². The second kappa shape index (κ2) is 10.1. The number of hydrogen-bond donors (Lipinski definition) is 1. The van der Waals surface area contributed by atoms with E-state index in [1.54, 1.807) is 12.1 Å². The molecule has 0 aromatic heterocycles. The first-order chi connectivity index (χ1) is 16.7. The molecular weight excluding hydrogens is 426 g/mol. The number of morpholine rings is 1. The zero-order valence-corrected chi connectivity index (χ0v) is 18.9. The van der Waals surface area contributed by atoms with E-state index in [1.165, 1.54) is 12.1 Å². The van der Waals surface area contributed by atoms with Crippen LogP contribution >= 0.6 is 0 Å². The molecule has 34 heavy (non-hydrogen) atoms. The molecule has 1 heterocycles. The van der Waals surface area contributed by atoms with Crippen molar-refractivity contribution in [2.24, 2.45) is 0 Å². The summed E-state index contributed by atoms with van der Waals surface area (Å²) in [6.07, 6.45) is 0. The van der Waals surface area contributed by atoms with Gasteiger partial charge in [-0.25, -0.2) is 0 Å². The number of ketones is 1. The van der Waals surface area contributed by atoms with E-state index in [0.29, 0.717) is 17.7 Å². The summed E-state index contributed by atoms with van der Waals surface area (Å²) < 4.78 is 11.4. The Balaban J connectivity index is 1.43. The number of nitrogens with zero attached hydrogens (tertiary/aromatic N) is 1. The molecule has 1 N–H and O–H groups in total. The van der Waals surface area contributed by atoms with Gasteiger partial charge >= 0.3 is 0 Å². The summed E-state index contributed by atoms with van der Waals surface area (Å²) in [5.41, 5.74) is 3.03. The van der Waals surface area contributed by atoms with Crippen LogP contribution in [0.3, 0.4) is 0 Å². The summed E-state index contributed by atoms with van der Waals surface area (Å²) >= 11 is 0. The highest BCUT2D eigenvalue weighted by Gasteiger charge is 2.18. The van der Waals surface area contributed by atoms with Crippen molar-refractivity contribution < 1.29 is 19.4 Å². The van der Waals surface area contributed by atoms with Crippen molar-refractivity contribution in [3.05, 3.63) is 96.1 Å². The maximum atomic E-state index is 13.4. The first-order valence-electron chi connectivity index (χ1n) is 11.6. The summed E-state index contributed by atoms with van der Waals surface area (Å²) in [6, 6.07) is 26.3. The minimum absolute atomic E-state index is 0.0772. The molecule has 5 rings (SSSR count). The average molecular weight is 454 g/mol. The quantitative estimate of drug-likeness (QED) is 0.392. The number of aromatic hydroxyl groups is 1. The van der Waals surface area contributed by atoms with Crippen LogP contribution in [0, 0.1) is 0 Å². The molecule has 0 amide bonds. The Hall–Kier alpha value is -3.67. The number of fused-ring (bicyclic) bond motifs is 1. The topological polar surface area (TPSA) is 59.0 Å². The van der Waals surface area contributed by atoms with E-state index in [-0.39, 0.29) is 11.5 Å². The van der Waals surface area contributed by atoms with Crippen LogP contribution in [0.25, 0.3) is 21.9 Å². The van der Waals surface area contributed by atoms with Gasteiger partial charge in [0.05, 0.1) is 13.2 Å². The molecule has 0 unspecified atom stereocenters. The molecule has 4 aromatic carbocycles. The third kappa shape index (κ3) is 4.81. The van der Waals surface area contributed by atoms with E-state index in [0.717, 1.165) is 60.5 Å². The minimum Gasteiger partial charge on any atom is -0.508 e. The van der Waals surface area contributed by atoms with Crippen LogP contribution in [0.5, 0.6) is 11.5 Å². The summed E-state index contributed by atoms with van der Waals surface area (Å²) in [5.74, 6) is 0.870. The van der Waals surface area contributed by atoms with Crippen LogP contribution in [0.1, 0.15) is 15.9 Å². The molecule has 5 nitrogen and oxygen atoms in total. The average Bonchev–Trinajstić information content (AvgIpc) is 2.89. The van der Waals surface area contributed by atoms with Gasteiger partial charge in [0, 0.05) is 36.3 Å². The molecule has 0 bridgehead atoms. The Bertz CT molecular complexity index is 1280. The molecule has 1 aliphatic rings. The van der Waals surface area contributed by atoms with Gasteiger partial charge in [-0.05, 0) is 58.8 Å². The lowest BCUT2D eigenvalue weighted by Gasteiger charge is -2.26. The Kier molecular flexibility index (Phi) is 6.56. The number of carbonyl (C=O) groups excluding carboxylic acids is 1. The molecule has 5 heteroatoms. The molecular formula is C29H27NO4. The Labute approximate surface area is 199 Å². The van der Waals surface area contributed by atoms with Gasteiger partial charge in [0.25, 0.3) is 0 Å². The van der Waals surface area contributed by atoms with E-state index in [4.69, 9.17) is 9.47 Å². The number of phenols is 1. The number of phenolic OH excluding ortho intramolecular Hbond substituents is 1. The van der Waals surface area contributed by atoms with Crippen molar-refractivity contribution in [3.8, 4) is 22.6 Å². The molecule has 0 aliphatic carbocycles. The summed E-state index contributed by atoms with van der Waals surface area (Å²) in [6.45, 7) is 4.95. The Morgan fingerprint density at radius 3 is 2.38 bits per heavy atom. The lowest BCUT2D eigenvalue weighted by molar-refractivity contribution is 0.0322. The van der Waals surface area contributed by atoms with Crippen LogP contribution in [-0.2, 0) is 4.74 Å². The highest BCUT2D eigenvalue weighted by atomic mass is 16.5. The smallest absolute Gasteiger partial charge is 0.193 e. The van der Waals surface area contributed by atoms with Crippen LogP contribution < -0.4 is 4.74 Å². The SMILES string of the molecule is O=C(c1ccc(O)cc1)c1ccc2ccccc2c1-c1ccc(OCCN2CCOCC2)cc1. The van der Waals surface area contributed by atoms with Crippen molar-refractivity contribution in [1.82, 2.24) is 4.90 Å². The molecule has 0 radical (unpaired) electrons. The molecule has 1 saturated heterocycles. The molecule has 4 aromatic rings. The first kappa shape index (κ1) is 22.1. The van der Waals surface area contributed by atoms with Crippen molar-refractivity contribution in [3.63, 3.8) is 0 Å². The van der Waals surface area contributed by atoms with Crippen molar-refractivity contribution in [2.75, 3.05) is 39.5 Å². The van der Waals surface area contributed by atoms with Crippen LogP contribution in [0.2, 0.25) is 0 Å². The van der Waals surface area contributed by atoms with Crippen molar-refractivity contribution >= 4 is 16.6 Å². The first-order valence-corrected chi connectivity index (χ1v) is 11.6. The summed E-state index contributed by atoms with van der Waals surface area (Å²) in [7, 11) is 0. The molecule has 0 spiro atoms. The second-order valence-corrected chi connectivity index (χ2v) is 8.41. The number of rotatable bonds is 7. The number of ether oxygens (including phenoxy) is 2. The predicted octanol–water partition coefficient (Wildman–Crippen LogP) is 5.15. The zero-order chi connectivity index (χ0) is 23.3. The molecule has 0 atom stereocenters. The number of benzene rings is 4. The maximum absolute atomic E-state index is 13.4. The van der Waals surface area contributed by atoms with Crippen LogP contribution in [0.4, 0.5) is 0 Å². The van der Waals surface area contributed by atoms with Crippen molar-refractivity contribution in [1.29, 1.82) is 0 Å². The highest BCUT2D eigenvalue weighted by molar-refractivity contribution is 6.17. The van der Waals surface area contributed by atoms with E-state index < -0.39 is 0 Å². The maximum Gasteiger partial charge on any atom is 0.193 e. The van der Waals surface area contributed by atoms with Crippen LogP contribution in [-0.4, -0.2) is 55.2 Å². The van der Waals surface area contributed by atoms with Gasteiger partial charge in [-0.1, -0.05) is 42.5 Å². The fraction of sp³-hybridized carbons (Fsp3) is 0.207. The van der Waals surface area contributed by atoms with E-state index in [2.05, 4.69) is 11.0 Å². The fourth-order valence-corrected chi connectivity index (χ4v) is 4.38. The monoisotopic (exact) mass is 453 g/mol. The van der Waals surface area contributed by atoms with Gasteiger partial charge in [-0.15, -0.1) is 0 Å². The lowest BCUT2D eigenvalue weighted by Crippen LogP contribution is -2.38. The number of hydrogen-bond acceptors (Lipinski definition) is 5. The third-order valence-corrected chi connectivity index (χ3v) is 6.23. The van der Waals surface area contributed by atoms with Gasteiger partial charge in [0.1, 0.15) is 18.1 Å². The largest absolute Gasteiger partial charge is 0.508 e. The number of carbonyl (C=O) groups is 1. The normalized spacial score (nSPS) is 14.2. The standard InChI is InChI=1S/C29H27NO4/c31-24-10-5-23(6-11-24)29(32)27-14-9-21-3-1-2-4-26(21)28(27)22-7-12-25(13-8-22)34-20-17-30-15-18-33-19-16-30/h1-14,31H,15-20H2. The third-order valence-electron chi connectivity index (χ3n) is 6.23. The van der Waals surface area contributed by atoms with E-state index in [1.807, 2.05) is 54.6 Å². The van der Waals surface area contributed by atoms with Crippen molar-refractivity contribution in [2.45, 2.75) is 0 Å². The van der Waals surface area contributed by atoms with Gasteiger partial charge in [-0.3, -0.25) is 9.69 Å². The van der Waals surface area contributed by atoms with Gasteiger partial charge in [0.15, 0.2) is 5.78 Å². The highest BCUT2D eigenvalue weighted by Crippen LogP contribution is 2.34. The fourth-order valence-electron chi connectivity index (χ4n) is 4.38. The molecule has 1 fully saturated rings. The minimum atomic E-state index is -0.0772. The molecule has 0 saturated carbocycles. The molecule has 172 valence electrons. The van der Waals surface area contributed by atoms with E-state index >= 15 is 0 Å². The van der Waals surface area contributed by atoms with Gasteiger partial charge in [-0.2, -0.15) is 0 Å². The lowest BCUT2D eigenvalue weighted by atomic mass is 9.89. The second-order valence-electron chi connectivity index (χ2n) is 8.41. The summed E-state index contributed by atoms with van der Waals surface area (Å²) in [4.78, 5) is 15.8. The Morgan fingerprint density at radius 2 is 1.62 bits per heavy atom. The summed E-state index contributed by atoms with van der Waals surface area (Å²) in [5, 5.41) is 11.7. The van der Waals surface area contributed by atoms with Crippen LogP contribution in [0.15, 0.2) is 84.9 Å². The predicted molar refractivity (Wildman–Crippen MR) is 134 cm³/mol.